The molecule has 2 fully saturated rings. The number of hydrogen-bond acceptors (Lipinski definition) is 7. The number of rotatable bonds is 7. The average molecular weight is 543 g/mol. The molecule has 2 heterocycles. The van der Waals surface area contributed by atoms with Gasteiger partial charge in [-0.3, -0.25) is 9.59 Å². The Hall–Kier alpha value is -3.69. The van der Waals surface area contributed by atoms with E-state index in [0.717, 1.165) is 47.8 Å². The van der Waals surface area contributed by atoms with Gasteiger partial charge >= 0.3 is 13.2 Å². The predicted molar refractivity (Wildman–Crippen MR) is 151 cm³/mol. The van der Waals surface area contributed by atoms with Crippen molar-refractivity contribution in [2.24, 2.45) is 17.8 Å². The molecule has 9 heteroatoms. The maximum absolute atomic E-state index is 13.4. The maximum atomic E-state index is 13.4. The van der Waals surface area contributed by atoms with Gasteiger partial charge in [-0.2, -0.15) is 4.90 Å². The molecule has 3 aliphatic rings. The Morgan fingerprint density at radius 1 is 1.12 bits per heavy atom. The number of carbonyl (C=O) groups excluding carboxylic acids is 3. The van der Waals surface area contributed by atoms with Crippen LogP contribution in [0.4, 0.5) is 4.79 Å². The van der Waals surface area contributed by atoms with Gasteiger partial charge < -0.3 is 19.5 Å². The van der Waals surface area contributed by atoms with E-state index in [4.69, 9.17) is 9.39 Å². The Bertz CT molecular complexity index is 1350. The lowest BCUT2D eigenvalue weighted by Crippen LogP contribution is -2.46. The Morgan fingerprint density at radius 3 is 2.60 bits per heavy atom. The highest BCUT2D eigenvalue weighted by Gasteiger charge is 2.59. The standard InChI is InChI=1S/C31H34BNO7/c1-3-8-22-17-24-28(30(36)33(29(24)35)31(37)39-2)25-18-32(38)40-26(27(22)25)14-13-21(20-10-5-4-6-11-20)15-19-9-7-12-23(34)16-19/h4-7,9-12,15-16,24-26,28,34,38H,3,8,13-14,17-18H2,1-2H3/b21-15-/t24-,25+,26-,28-/m1/s1. The number of allylic oxidation sites excluding steroid dienone is 2. The molecule has 2 aromatic rings. The van der Waals surface area contributed by atoms with E-state index in [0.29, 0.717) is 24.2 Å². The minimum absolute atomic E-state index is 0.186. The quantitative estimate of drug-likeness (QED) is 0.217. The van der Waals surface area contributed by atoms with E-state index >= 15 is 0 Å². The van der Waals surface area contributed by atoms with Crippen molar-refractivity contribution in [1.29, 1.82) is 0 Å². The number of benzene rings is 2. The first-order valence-corrected chi connectivity index (χ1v) is 13.9. The summed E-state index contributed by atoms with van der Waals surface area (Å²) in [6.07, 6.45) is 3.99. The molecule has 0 radical (unpaired) electrons. The third-order valence-electron chi connectivity index (χ3n) is 8.25. The van der Waals surface area contributed by atoms with Crippen molar-refractivity contribution in [2.45, 2.75) is 51.5 Å². The smallest absolute Gasteiger partial charge is 0.455 e. The van der Waals surface area contributed by atoms with Gasteiger partial charge in [-0.15, -0.1) is 0 Å². The van der Waals surface area contributed by atoms with Gasteiger partial charge in [0.2, 0.25) is 11.8 Å². The number of methoxy groups -OCH3 is 1. The van der Waals surface area contributed by atoms with Gasteiger partial charge in [-0.05, 0) is 72.3 Å². The number of amides is 3. The van der Waals surface area contributed by atoms with Gasteiger partial charge in [-0.25, -0.2) is 4.79 Å². The van der Waals surface area contributed by atoms with Gasteiger partial charge in [-0.1, -0.05) is 67.5 Å². The van der Waals surface area contributed by atoms with Gasteiger partial charge in [0.05, 0.1) is 25.0 Å². The van der Waals surface area contributed by atoms with E-state index in [2.05, 4.69) is 6.92 Å². The molecule has 2 aromatic carbocycles. The number of hydrogen-bond donors (Lipinski definition) is 2. The largest absolute Gasteiger partial charge is 0.508 e. The number of ether oxygens (including phenoxy) is 1. The summed E-state index contributed by atoms with van der Waals surface area (Å²) < 4.78 is 10.9. The van der Waals surface area contributed by atoms with Crippen LogP contribution in [0.1, 0.15) is 50.2 Å². The molecular formula is C31H34BNO7. The number of phenolic OH excluding ortho intramolecular Hbond substituents is 1. The van der Waals surface area contributed by atoms with E-state index in [9.17, 15) is 24.5 Å². The second-order valence-electron chi connectivity index (χ2n) is 10.7. The Morgan fingerprint density at radius 2 is 1.90 bits per heavy atom. The van der Waals surface area contributed by atoms with Gasteiger partial charge in [0.15, 0.2) is 0 Å². The normalized spacial score (nSPS) is 24.7. The third kappa shape index (κ3) is 5.36. The first-order valence-electron chi connectivity index (χ1n) is 13.9. The summed E-state index contributed by atoms with van der Waals surface area (Å²) in [6.45, 7) is 2.07. The number of carbonyl (C=O) groups is 3. The van der Waals surface area contributed by atoms with E-state index in [1.54, 1.807) is 18.2 Å². The van der Waals surface area contributed by atoms with Crippen LogP contribution in [0, 0.1) is 17.8 Å². The molecule has 2 N–H and O–H groups in total. The lowest BCUT2D eigenvalue weighted by molar-refractivity contribution is -0.137. The lowest BCUT2D eigenvalue weighted by atomic mass is 9.58. The molecule has 0 saturated carbocycles. The highest BCUT2D eigenvalue weighted by atomic mass is 16.5. The summed E-state index contributed by atoms with van der Waals surface area (Å²) in [6, 6.07) is 17.0. The van der Waals surface area contributed by atoms with Crippen molar-refractivity contribution in [2.75, 3.05) is 7.11 Å². The Kier molecular flexibility index (Phi) is 8.23. The number of nitrogens with zero attached hydrogens (tertiary/aromatic N) is 1. The van der Waals surface area contributed by atoms with Crippen molar-refractivity contribution in [3.05, 3.63) is 76.9 Å². The first kappa shape index (κ1) is 27.9. The Balaban J connectivity index is 1.48. The lowest BCUT2D eigenvalue weighted by Gasteiger charge is -2.43. The summed E-state index contributed by atoms with van der Waals surface area (Å²) >= 11 is 0. The van der Waals surface area contributed by atoms with Crippen LogP contribution in [0.15, 0.2) is 65.7 Å². The summed E-state index contributed by atoms with van der Waals surface area (Å²) in [5.74, 6) is -2.65. The van der Waals surface area contributed by atoms with E-state index in [1.165, 1.54) is 0 Å². The molecule has 3 amide bonds. The van der Waals surface area contributed by atoms with Crippen molar-refractivity contribution in [3.8, 4) is 5.75 Å². The molecule has 0 aromatic heterocycles. The summed E-state index contributed by atoms with van der Waals surface area (Å²) in [4.78, 5) is 39.5. The number of imide groups is 3. The summed E-state index contributed by atoms with van der Waals surface area (Å²) in [7, 11) is 0.0608. The van der Waals surface area contributed by atoms with E-state index in [-0.39, 0.29) is 12.1 Å². The van der Waals surface area contributed by atoms with Gasteiger partial charge in [0.25, 0.3) is 0 Å². The second kappa shape index (κ2) is 11.8. The molecule has 4 atom stereocenters. The fourth-order valence-corrected chi connectivity index (χ4v) is 6.63. The van der Waals surface area contributed by atoms with E-state index < -0.39 is 48.9 Å². The van der Waals surface area contributed by atoms with Crippen LogP contribution in [0.3, 0.4) is 0 Å². The van der Waals surface area contributed by atoms with Gasteiger partial charge in [0.1, 0.15) is 5.75 Å². The highest BCUT2D eigenvalue weighted by Crippen LogP contribution is 2.51. The number of aromatic hydroxyl groups is 1. The van der Waals surface area contributed by atoms with Crippen LogP contribution in [-0.2, 0) is 19.0 Å². The van der Waals surface area contributed by atoms with Gasteiger partial charge in [0, 0.05) is 0 Å². The molecule has 1 aliphatic carbocycles. The molecule has 2 aliphatic heterocycles. The van der Waals surface area contributed by atoms with Crippen molar-refractivity contribution >= 4 is 36.7 Å². The van der Waals surface area contributed by atoms with Crippen molar-refractivity contribution in [3.63, 3.8) is 0 Å². The Labute approximate surface area is 234 Å². The molecule has 0 bridgehead atoms. The zero-order chi connectivity index (χ0) is 28.4. The monoisotopic (exact) mass is 543 g/mol. The average Bonchev–Trinajstić information content (AvgIpc) is 3.20. The number of phenols is 1. The topological polar surface area (TPSA) is 113 Å². The highest BCUT2D eigenvalue weighted by molar-refractivity contribution is 6.43. The minimum atomic E-state index is -1.09. The predicted octanol–water partition coefficient (Wildman–Crippen LogP) is 5.08. The van der Waals surface area contributed by atoms with Crippen LogP contribution >= 0.6 is 0 Å². The molecule has 2 saturated heterocycles. The van der Waals surface area contributed by atoms with Crippen molar-refractivity contribution < 1.29 is 33.9 Å². The fourth-order valence-electron chi connectivity index (χ4n) is 6.63. The molecule has 208 valence electrons. The zero-order valence-electron chi connectivity index (χ0n) is 22.8. The van der Waals surface area contributed by atoms with Crippen LogP contribution < -0.4 is 0 Å². The molecule has 5 rings (SSSR count). The molecule has 8 nitrogen and oxygen atoms in total. The number of likely N-dealkylation sites (tertiary alicyclic amines) is 1. The number of fused-ring (bicyclic) bond motifs is 3. The SMILES string of the molecule is CCCC1=C2[C@@H](CC/C(=C/c3cccc(O)c3)c3ccccc3)OB(O)C[C@@H]2[C@@H]2C(=O)N(C(=O)OC)C(=O)[C@@H]2C1. The minimum Gasteiger partial charge on any atom is -0.508 e. The zero-order valence-corrected chi connectivity index (χ0v) is 22.8. The van der Waals surface area contributed by atoms with Crippen molar-refractivity contribution in [1.82, 2.24) is 4.90 Å². The van der Waals surface area contributed by atoms with Crippen LogP contribution in [0.2, 0.25) is 6.32 Å². The molecule has 0 unspecified atom stereocenters. The molecular weight excluding hydrogens is 509 g/mol. The second-order valence-corrected chi connectivity index (χ2v) is 10.7. The first-order chi connectivity index (χ1) is 19.3. The van der Waals surface area contributed by atoms with Crippen LogP contribution in [0.5, 0.6) is 5.75 Å². The molecule has 40 heavy (non-hydrogen) atoms. The maximum Gasteiger partial charge on any atom is 0.455 e. The summed E-state index contributed by atoms with van der Waals surface area (Å²) in [5, 5.41) is 20.8. The fraction of sp³-hybridized carbons (Fsp3) is 0.387. The molecule has 0 spiro atoms. The van der Waals surface area contributed by atoms with E-state index in [1.807, 2.05) is 42.5 Å². The summed E-state index contributed by atoms with van der Waals surface area (Å²) in [5.41, 5.74) is 5.02. The van der Waals surface area contributed by atoms with Crippen LogP contribution in [0.25, 0.3) is 11.6 Å². The van der Waals surface area contributed by atoms with Crippen LogP contribution in [-0.4, -0.2) is 53.3 Å². The third-order valence-corrected chi connectivity index (χ3v) is 8.25.